The Bertz CT molecular complexity index is 648. The third-order valence-corrected chi connectivity index (χ3v) is 4.37. The highest BCUT2D eigenvalue weighted by Crippen LogP contribution is 2.32. The van der Waals surface area contributed by atoms with Gasteiger partial charge in [0.25, 0.3) is 0 Å². The normalized spacial score (nSPS) is 21.6. The van der Waals surface area contributed by atoms with E-state index in [0.29, 0.717) is 11.5 Å². The third kappa shape index (κ3) is 3.16. The molecule has 2 heterocycles. The molecule has 0 spiro atoms. The van der Waals surface area contributed by atoms with Gasteiger partial charge in [0, 0.05) is 50.5 Å². The first-order chi connectivity index (χ1) is 10.8. The number of aliphatic hydroxyl groups is 1. The second-order valence-electron chi connectivity index (χ2n) is 5.83. The number of nitrogens with zero attached hydrogens (tertiary/aromatic N) is 3. The molecule has 0 saturated carbocycles. The van der Waals surface area contributed by atoms with Crippen molar-refractivity contribution in [3.8, 4) is 6.07 Å². The summed E-state index contributed by atoms with van der Waals surface area (Å²) in [5.41, 5.74) is 3.13. The van der Waals surface area contributed by atoms with Crippen LogP contribution in [-0.2, 0) is 6.54 Å². The summed E-state index contributed by atoms with van der Waals surface area (Å²) in [5.74, 6) is 0.618. The van der Waals surface area contributed by atoms with Crippen molar-refractivity contribution in [1.29, 1.82) is 5.26 Å². The first kappa shape index (κ1) is 14.7. The second kappa shape index (κ2) is 6.69. The smallest absolute Gasteiger partial charge is 0.0991 e. The van der Waals surface area contributed by atoms with Crippen molar-refractivity contribution in [2.75, 3.05) is 19.7 Å². The molecule has 0 amide bonds. The SMILES string of the molecule is N#Cc1ccc(CN2C[C@@H](CO)[C@H](c3ccncc3)C2)cc1. The fourth-order valence-corrected chi connectivity index (χ4v) is 3.21. The van der Waals surface area contributed by atoms with E-state index in [-0.39, 0.29) is 12.5 Å². The predicted molar refractivity (Wildman–Crippen MR) is 84.0 cm³/mol. The number of benzene rings is 1. The summed E-state index contributed by atoms with van der Waals surface area (Å²) in [7, 11) is 0. The van der Waals surface area contributed by atoms with Crippen molar-refractivity contribution < 1.29 is 5.11 Å². The van der Waals surface area contributed by atoms with E-state index in [1.165, 1.54) is 11.1 Å². The van der Waals surface area contributed by atoms with E-state index in [0.717, 1.165) is 19.6 Å². The largest absolute Gasteiger partial charge is 0.396 e. The molecule has 1 aromatic carbocycles. The molecular formula is C18H19N3O. The van der Waals surface area contributed by atoms with Crippen LogP contribution in [0.25, 0.3) is 0 Å². The molecule has 1 saturated heterocycles. The highest BCUT2D eigenvalue weighted by atomic mass is 16.3. The minimum Gasteiger partial charge on any atom is -0.396 e. The summed E-state index contributed by atoms with van der Waals surface area (Å²) in [4.78, 5) is 6.44. The predicted octanol–water partition coefficient (Wildman–Crippen LogP) is 2.16. The van der Waals surface area contributed by atoms with Gasteiger partial charge in [-0.3, -0.25) is 9.88 Å². The van der Waals surface area contributed by atoms with Crippen LogP contribution in [0.4, 0.5) is 0 Å². The van der Waals surface area contributed by atoms with Gasteiger partial charge in [0.15, 0.2) is 0 Å². The van der Waals surface area contributed by atoms with Crippen LogP contribution < -0.4 is 0 Å². The van der Waals surface area contributed by atoms with E-state index < -0.39 is 0 Å². The van der Waals surface area contributed by atoms with Gasteiger partial charge < -0.3 is 5.11 Å². The number of hydrogen-bond acceptors (Lipinski definition) is 4. The summed E-state index contributed by atoms with van der Waals surface area (Å²) in [6, 6.07) is 13.9. The average molecular weight is 293 g/mol. The summed E-state index contributed by atoms with van der Waals surface area (Å²) >= 11 is 0. The maximum absolute atomic E-state index is 9.67. The number of rotatable bonds is 4. The van der Waals surface area contributed by atoms with Gasteiger partial charge in [-0.15, -0.1) is 0 Å². The fraction of sp³-hybridized carbons (Fsp3) is 0.333. The quantitative estimate of drug-likeness (QED) is 0.938. The van der Waals surface area contributed by atoms with Gasteiger partial charge >= 0.3 is 0 Å². The van der Waals surface area contributed by atoms with Crippen LogP contribution in [0.15, 0.2) is 48.8 Å². The molecule has 0 unspecified atom stereocenters. The maximum atomic E-state index is 9.67. The Balaban J connectivity index is 1.70. The summed E-state index contributed by atoms with van der Waals surface area (Å²) in [5, 5.41) is 18.5. The molecule has 2 aromatic rings. The minimum absolute atomic E-state index is 0.205. The van der Waals surface area contributed by atoms with E-state index in [9.17, 15) is 5.11 Å². The number of hydrogen-bond donors (Lipinski definition) is 1. The van der Waals surface area contributed by atoms with Gasteiger partial charge in [0.05, 0.1) is 11.6 Å². The van der Waals surface area contributed by atoms with Crippen molar-refractivity contribution in [2.24, 2.45) is 5.92 Å². The lowest BCUT2D eigenvalue weighted by molar-refractivity contribution is 0.214. The first-order valence-corrected chi connectivity index (χ1v) is 7.52. The van der Waals surface area contributed by atoms with E-state index in [4.69, 9.17) is 5.26 Å². The third-order valence-electron chi connectivity index (χ3n) is 4.37. The average Bonchev–Trinajstić information content (AvgIpc) is 2.99. The molecule has 4 heteroatoms. The highest BCUT2D eigenvalue weighted by molar-refractivity contribution is 5.31. The molecule has 1 fully saturated rings. The van der Waals surface area contributed by atoms with Crippen LogP contribution in [0.3, 0.4) is 0 Å². The lowest BCUT2D eigenvalue weighted by Crippen LogP contribution is -2.20. The number of aromatic nitrogens is 1. The number of nitriles is 1. The zero-order valence-electron chi connectivity index (χ0n) is 12.4. The Morgan fingerprint density at radius 1 is 1.14 bits per heavy atom. The zero-order valence-corrected chi connectivity index (χ0v) is 12.4. The molecule has 0 bridgehead atoms. The second-order valence-corrected chi connectivity index (χ2v) is 5.83. The molecule has 4 nitrogen and oxygen atoms in total. The van der Waals surface area contributed by atoms with Gasteiger partial charge in [0.1, 0.15) is 0 Å². The van der Waals surface area contributed by atoms with E-state index in [1.54, 1.807) is 0 Å². The molecule has 0 aliphatic carbocycles. The highest BCUT2D eigenvalue weighted by Gasteiger charge is 2.33. The van der Waals surface area contributed by atoms with Crippen molar-refractivity contribution in [3.63, 3.8) is 0 Å². The lowest BCUT2D eigenvalue weighted by Gasteiger charge is -2.16. The van der Waals surface area contributed by atoms with Crippen LogP contribution in [0, 0.1) is 17.2 Å². The Morgan fingerprint density at radius 3 is 2.50 bits per heavy atom. The molecule has 112 valence electrons. The van der Waals surface area contributed by atoms with E-state index in [2.05, 4.69) is 16.0 Å². The van der Waals surface area contributed by atoms with Gasteiger partial charge in [-0.1, -0.05) is 12.1 Å². The minimum atomic E-state index is 0.205. The molecule has 0 radical (unpaired) electrons. The Labute approximate surface area is 130 Å². The number of likely N-dealkylation sites (tertiary alicyclic amines) is 1. The first-order valence-electron chi connectivity index (χ1n) is 7.52. The molecule has 1 aliphatic heterocycles. The van der Waals surface area contributed by atoms with Crippen LogP contribution in [0.2, 0.25) is 0 Å². The number of pyridine rings is 1. The Kier molecular flexibility index (Phi) is 4.47. The molecular weight excluding hydrogens is 274 g/mol. The van der Waals surface area contributed by atoms with Crippen molar-refractivity contribution in [3.05, 3.63) is 65.5 Å². The maximum Gasteiger partial charge on any atom is 0.0991 e. The number of aliphatic hydroxyl groups excluding tert-OH is 1. The Morgan fingerprint density at radius 2 is 1.86 bits per heavy atom. The van der Waals surface area contributed by atoms with Crippen LogP contribution in [-0.4, -0.2) is 34.7 Å². The molecule has 1 aliphatic rings. The molecule has 22 heavy (non-hydrogen) atoms. The zero-order chi connectivity index (χ0) is 15.4. The Hall–Kier alpha value is -2.22. The van der Waals surface area contributed by atoms with Gasteiger partial charge in [0.2, 0.25) is 0 Å². The van der Waals surface area contributed by atoms with Gasteiger partial charge in [-0.25, -0.2) is 0 Å². The van der Waals surface area contributed by atoms with E-state index in [1.807, 2.05) is 48.8 Å². The summed E-state index contributed by atoms with van der Waals surface area (Å²) in [6.45, 7) is 2.89. The molecule has 2 atom stereocenters. The molecule has 3 rings (SSSR count). The standard InChI is InChI=1S/C18H19N3O/c19-9-14-1-3-15(4-2-14)10-21-11-17(13-22)18(12-21)16-5-7-20-8-6-16/h1-8,17-18,22H,10-13H2/t17-,18-/m0/s1. The van der Waals surface area contributed by atoms with E-state index >= 15 is 0 Å². The van der Waals surface area contributed by atoms with Crippen molar-refractivity contribution in [1.82, 2.24) is 9.88 Å². The van der Waals surface area contributed by atoms with Crippen molar-refractivity contribution in [2.45, 2.75) is 12.5 Å². The molecule has 1 aromatic heterocycles. The fourth-order valence-electron chi connectivity index (χ4n) is 3.21. The summed E-state index contributed by atoms with van der Waals surface area (Å²) in [6.07, 6.45) is 3.63. The van der Waals surface area contributed by atoms with Crippen LogP contribution >= 0.6 is 0 Å². The van der Waals surface area contributed by atoms with Gasteiger partial charge in [-0.2, -0.15) is 5.26 Å². The monoisotopic (exact) mass is 293 g/mol. The van der Waals surface area contributed by atoms with Crippen LogP contribution in [0.5, 0.6) is 0 Å². The summed E-state index contributed by atoms with van der Waals surface area (Å²) < 4.78 is 0. The lowest BCUT2D eigenvalue weighted by atomic mass is 9.90. The van der Waals surface area contributed by atoms with Crippen molar-refractivity contribution >= 4 is 0 Å². The molecule has 1 N–H and O–H groups in total. The topological polar surface area (TPSA) is 60.2 Å². The van der Waals surface area contributed by atoms with Gasteiger partial charge in [-0.05, 0) is 35.4 Å². The van der Waals surface area contributed by atoms with Crippen LogP contribution in [0.1, 0.15) is 22.6 Å².